The van der Waals surface area contributed by atoms with Gasteiger partial charge in [-0.3, -0.25) is 0 Å². The Kier molecular flexibility index (Phi) is 3.68. The molecule has 1 atom stereocenters. The van der Waals surface area contributed by atoms with E-state index in [1.165, 1.54) is 47.1 Å². The van der Waals surface area contributed by atoms with Crippen molar-refractivity contribution in [3.05, 3.63) is 68.7 Å². The molecular weight excluding hydrogens is 320 g/mol. The first kappa shape index (κ1) is 13.2. The van der Waals surface area contributed by atoms with Crippen LogP contribution in [0.25, 0.3) is 0 Å². The average Bonchev–Trinajstić information content (AvgIpc) is 2.88. The summed E-state index contributed by atoms with van der Waals surface area (Å²) >= 11 is 10.3. The molecule has 98 valence electrons. The fraction of sp³-hybridized carbons (Fsp3) is 0.294. The Morgan fingerprint density at radius 3 is 2.74 bits per heavy atom. The van der Waals surface area contributed by atoms with Crippen molar-refractivity contribution in [1.82, 2.24) is 0 Å². The van der Waals surface area contributed by atoms with Crippen LogP contribution in [0.15, 0.2) is 40.9 Å². The van der Waals surface area contributed by atoms with Gasteiger partial charge in [-0.25, -0.2) is 0 Å². The highest BCUT2D eigenvalue weighted by Crippen LogP contribution is 2.35. The lowest BCUT2D eigenvalue weighted by Gasteiger charge is -2.15. The summed E-state index contributed by atoms with van der Waals surface area (Å²) in [5.74, 6) is 0. The summed E-state index contributed by atoms with van der Waals surface area (Å²) < 4.78 is 1.12. The van der Waals surface area contributed by atoms with Gasteiger partial charge in [0, 0.05) is 4.47 Å². The highest BCUT2D eigenvalue weighted by atomic mass is 79.9. The molecule has 0 saturated carbocycles. The Morgan fingerprint density at radius 2 is 1.89 bits per heavy atom. The van der Waals surface area contributed by atoms with Crippen molar-refractivity contribution in [1.29, 1.82) is 0 Å². The van der Waals surface area contributed by atoms with Crippen LogP contribution in [-0.2, 0) is 12.8 Å². The maximum Gasteiger partial charge on any atom is 0.0838 e. The van der Waals surface area contributed by atoms with Gasteiger partial charge in [-0.1, -0.05) is 46.3 Å². The minimum atomic E-state index is -0.0663. The summed E-state index contributed by atoms with van der Waals surface area (Å²) in [7, 11) is 0. The first-order chi connectivity index (χ1) is 9.16. The first-order valence-corrected chi connectivity index (χ1v) is 7.90. The molecule has 0 heterocycles. The lowest BCUT2D eigenvalue weighted by atomic mass is 9.97. The topological polar surface area (TPSA) is 0 Å². The zero-order valence-electron chi connectivity index (χ0n) is 10.9. The number of alkyl halides is 1. The van der Waals surface area contributed by atoms with E-state index < -0.39 is 0 Å². The van der Waals surface area contributed by atoms with E-state index in [1.807, 2.05) is 0 Å². The normalized spacial score (nSPS) is 15.3. The quantitative estimate of drug-likeness (QED) is 0.629. The molecule has 0 N–H and O–H groups in total. The summed E-state index contributed by atoms with van der Waals surface area (Å²) in [6.07, 6.45) is 3.70. The maximum absolute atomic E-state index is 6.69. The molecule has 0 spiro atoms. The monoisotopic (exact) mass is 334 g/mol. The third kappa shape index (κ3) is 2.46. The average molecular weight is 336 g/mol. The Bertz CT molecular complexity index is 619. The van der Waals surface area contributed by atoms with Crippen LogP contribution in [0.5, 0.6) is 0 Å². The molecule has 1 aliphatic rings. The molecule has 2 heteroatoms. The molecule has 3 rings (SSSR count). The van der Waals surface area contributed by atoms with E-state index >= 15 is 0 Å². The predicted molar refractivity (Wildman–Crippen MR) is 85.0 cm³/mol. The zero-order chi connectivity index (χ0) is 13.4. The second-order valence-electron chi connectivity index (χ2n) is 5.20. The number of fused-ring (bicyclic) bond motifs is 1. The van der Waals surface area contributed by atoms with Crippen LogP contribution in [0.2, 0.25) is 0 Å². The summed E-state index contributed by atoms with van der Waals surface area (Å²) in [6.45, 7) is 2.11. The van der Waals surface area contributed by atoms with E-state index in [2.05, 4.69) is 59.3 Å². The van der Waals surface area contributed by atoms with E-state index in [-0.39, 0.29) is 5.38 Å². The minimum Gasteiger partial charge on any atom is -0.113 e. The zero-order valence-corrected chi connectivity index (χ0v) is 13.3. The van der Waals surface area contributed by atoms with Crippen LogP contribution in [0, 0.1) is 6.92 Å². The van der Waals surface area contributed by atoms with Gasteiger partial charge in [0.1, 0.15) is 0 Å². The van der Waals surface area contributed by atoms with Crippen LogP contribution in [0.1, 0.15) is 39.6 Å². The fourth-order valence-corrected chi connectivity index (χ4v) is 3.58. The maximum atomic E-state index is 6.69. The van der Waals surface area contributed by atoms with Gasteiger partial charge >= 0.3 is 0 Å². The molecule has 0 amide bonds. The van der Waals surface area contributed by atoms with Gasteiger partial charge in [0.15, 0.2) is 0 Å². The van der Waals surface area contributed by atoms with E-state index in [9.17, 15) is 0 Å². The van der Waals surface area contributed by atoms with E-state index in [0.717, 1.165) is 4.47 Å². The molecule has 0 aromatic heterocycles. The van der Waals surface area contributed by atoms with Gasteiger partial charge in [0.25, 0.3) is 0 Å². The Hall–Kier alpha value is -0.790. The lowest BCUT2D eigenvalue weighted by Crippen LogP contribution is -1.98. The van der Waals surface area contributed by atoms with Crippen molar-refractivity contribution in [2.45, 2.75) is 31.6 Å². The first-order valence-electron chi connectivity index (χ1n) is 6.67. The van der Waals surface area contributed by atoms with Crippen molar-refractivity contribution in [3.8, 4) is 0 Å². The van der Waals surface area contributed by atoms with Gasteiger partial charge in [-0.15, -0.1) is 11.6 Å². The Labute approximate surface area is 127 Å². The summed E-state index contributed by atoms with van der Waals surface area (Å²) in [4.78, 5) is 0. The molecule has 0 fully saturated rings. The SMILES string of the molecule is Cc1c(Br)cccc1C(Cl)c1ccc2c(c1)CCC2. The van der Waals surface area contributed by atoms with Gasteiger partial charge in [-0.2, -0.15) is 0 Å². The van der Waals surface area contributed by atoms with Crippen LogP contribution >= 0.6 is 27.5 Å². The number of rotatable bonds is 2. The summed E-state index contributed by atoms with van der Waals surface area (Å²) in [5.41, 5.74) is 6.61. The highest BCUT2D eigenvalue weighted by Gasteiger charge is 2.17. The van der Waals surface area contributed by atoms with E-state index in [4.69, 9.17) is 11.6 Å². The summed E-state index contributed by atoms with van der Waals surface area (Å²) in [5, 5.41) is -0.0663. The number of aryl methyl sites for hydroxylation is 2. The Morgan fingerprint density at radius 1 is 1.11 bits per heavy atom. The molecular formula is C17H16BrCl. The van der Waals surface area contributed by atoms with Crippen LogP contribution in [0.4, 0.5) is 0 Å². The molecule has 2 aromatic rings. The lowest BCUT2D eigenvalue weighted by molar-refractivity contribution is 0.911. The molecule has 1 aliphatic carbocycles. The van der Waals surface area contributed by atoms with Crippen LogP contribution in [-0.4, -0.2) is 0 Å². The second-order valence-corrected chi connectivity index (χ2v) is 6.49. The third-order valence-electron chi connectivity index (χ3n) is 4.00. The largest absolute Gasteiger partial charge is 0.113 e. The van der Waals surface area contributed by atoms with Crippen LogP contribution < -0.4 is 0 Å². The highest BCUT2D eigenvalue weighted by molar-refractivity contribution is 9.10. The third-order valence-corrected chi connectivity index (χ3v) is 5.34. The standard InChI is InChI=1S/C17H16BrCl/c1-11-15(6-3-7-16(11)18)17(19)14-9-8-12-4-2-5-13(12)10-14/h3,6-10,17H,2,4-5H2,1H3. The molecule has 0 radical (unpaired) electrons. The van der Waals surface area contributed by atoms with Crippen molar-refractivity contribution in [3.63, 3.8) is 0 Å². The van der Waals surface area contributed by atoms with Crippen LogP contribution in [0.3, 0.4) is 0 Å². The molecule has 0 saturated heterocycles. The molecule has 2 aromatic carbocycles. The second kappa shape index (κ2) is 5.30. The minimum absolute atomic E-state index is 0.0663. The predicted octanol–water partition coefficient (Wildman–Crippen LogP) is 5.57. The Balaban J connectivity index is 2.00. The van der Waals surface area contributed by atoms with Gasteiger partial charge in [0.05, 0.1) is 5.38 Å². The van der Waals surface area contributed by atoms with Crippen molar-refractivity contribution in [2.24, 2.45) is 0 Å². The van der Waals surface area contributed by atoms with Crippen molar-refractivity contribution >= 4 is 27.5 Å². The number of hydrogen-bond donors (Lipinski definition) is 0. The van der Waals surface area contributed by atoms with Gasteiger partial charge in [-0.05, 0) is 60.1 Å². The molecule has 0 bridgehead atoms. The van der Waals surface area contributed by atoms with E-state index in [1.54, 1.807) is 0 Å². The smallest absolute Gasteiger partial charge is 0.0838 e. The molecule has 0 nitrogen and oxygen atoms in total. The fourth-order valence-electron chi connectivity index (χ4n) is 2.83. The molecule has 1 unspecified atom stereocenters. The van der Waals surface area contributed by atoms with E-state index in [0.29, 0.717) is 0 Å². The molecule has 19 heavy (non-hydrogen) atoms. The van der Waals surface area contributed by atoms with Crippen molar-refractivity contribution < 1.29 is 0 Å². The summed E-state index contributed by atoms with van der Waals surface area (Å²) in [6, 6.07) is 13.0. The van der Waals surface area contributed by atoms with Gasteiger partial charge < -0.3 is 0 Å². The number of halogens is 2. The molecule has 0 aliphatic heterocycles. The van der Waals surface area contributed by atoms with Crippen molar-refractivity contribution in [2.75, 3.05) is 0 Å². The van der Waals surface area contributed by atoms with Gasteiger partial charge in [0.2, 0.25) is 0 Å². The number of benzene rings is 2. The number of hydrogen-bond acceptors (Lipinski definition) is 0.